The molecule has 0 amide bonds. The van der Waals surface area contributed by atoms with Crippen molar-refractivity contribution in [3.8, 4) is 28.8 Å². The van der Waals surface area contributed by atoms with E-state index in [9.17, 15) is 5.11 Å². The van der Waals surface area contributed by atoms with Crippen LogP contribution < -0.4 is 15.5 Å². The number of pyridine rings is 1. The van der Waals surface area contributed by atoms with Crippen LogP contribution in [0.2, 0.25) is 0 Å². The van der Waals surface area contributed by atoms with Crippen LogP contribution in [-0.2, 0) is 0 Å². The lowest BCUT2D eigenvalue weighted by Gasteiger charge is -2.43. The molecule has 0 radical (unpaired) electrons. The van der Waals surface area contributed by atoms with Crippen molar-refractivity contribution in [3.05, 3.63) is 54.4 Å². The summed E-state index contributed by atoms with van der Waals surface area (Å²) >= 11 is 0. The van der Waals surface area contributed by atoms with Gasteiger partial charge in [0.05, 0.1) is 17.9 Å². The number of hydrogen-bond acceptors (Lipinski definition) is 8. The van der Waals surface area contributed by atoms with Gasteiger partial charge in [0.15, 0.2) is 5.82 Å². The van der Waals surface area contributed by atoms with E-state index in [1.807, 2.05) is 24.4 Å². The average Bonchev–Trinajstić information content (AvgIpc) is 3.44. The molecule has 40 heavy (non-hydrogen) atoms. The van der Waals surface area contributed by atoms with Gasteiger partial charge >= 0.3 is 0 Å². The second-order valence-electron chi connectivity index (χ2n) is 11.6. The number of anilines is 3. The van der Waals surface area contributed by atoms with E-state index in [2.05, 4.69) is 67.7 Å². The van der Waals surface area contributed by atoms with Crippen molar-refractivity contribution >= 4 is 17.2 Å². The third kappa shape index (κ3) is 5.31. The zero-order valence-corrected chi connectivity index (χ0v) is 23.5. The predicted molar refractivity (Wildman–Crippen MR) is 160 cm³/mol. The Morgan fingerprint density at radius 3 is 2.62 bits per heavy atom. The Morgan fingerprint density at radius 1 is 1.05 bits per heavy atom. The lowest BCUT2D eigenvalue weighted by Crippen LogP contribution is -2.54. The molecule has 3 aliphatic rings. The molecule has 3 N–H and O–H groups in total. The van der Waals surface area contributed by atoms with Crippen molar-refractivity contribution in [2.45, 2.75) is 64.1 Å². The van der Waals surface area contributed by atoms with Crippen LogP contribution in [0.3, 0.4) is 0 Å². The van der Waals surface area contributed by atoms with Crippen LogP contribution in [0.15, 0.2) is 48.7 Å². The van der Waals surface area contributed by atoms with Crippen molar-refractivity contribution in [1.82, 2.24) is 20.1 Å². The van der Waals surface area contributed by atoms with Gasteiger partial charge in [-0.15, -0.1) is 10.2 Å². The Labute approximate surface area is 237 Å². The Kier molecular flexibility index (Phi) is 7.48. The molecular weight excluding hydrogens is 498 g/mol. The highest BCUT2D eigenvalue weighted by Crippen LogP contribution is 2.39. The summed E-state index contributed by atoms with van der Waals surface area (Å²) in [6, 6.07) is 14.8. The molecule has 8 heteroatoms. The number of nitrogens with two attached hydrogens (primary N) is 1. The quantitative estimate of drug-likeness (QED) is 0.443. The van der Waals surface area contributed by atoms with Crippen LogP contribution in [0.1, 0.15) is 51.6 Å². The normalized spacial score (nSPS) is 24.2. The molecule has 208 valence electrons. The molecule has 3 saturated heterocycles. The summed E-state index contributed by atoms with van der Waals surface area (Å²) in [6.07, 6.45) is 7.92. The molecule has 2 unspecified atom stereocenters. The first-order chi connectivity index (χ1) is 19.5. The SMILES string of the molecule is CCC[C@@H]1C[C@H](C)CN1CC#Cc1cc(N2C3CCC2CN(c2cc(-c4ccccc4O)nnc2N)C3)ccn1. The number of para-hydroxylation sites is 1. The number of likely N-dealkylation sites (tertiary alicyclic amines) is 1. The highest BCUT2D eigenvalue weighted by molar-refractivity contribution is 5.74. The Bertz CT molecular complexity index is 1400. The maximum Gasteiger partial charge on any atom is 0.169 e. The topological polar surface area (TPSA) is 94.6 Å². The smallest absolute Gasteiger partial charge is 0.169 e. The summed E-state index contributed by atoms with van der Waals surface area (Å²) in [5.41, 5.74) is 10.5. The highest BCUT2D eigenvalue weighted by Gasteiger charge is 2.40. The monoisotopic (exact) mass is 537 g/mol. The molecule has 2 aromatic heterocycles. The van der Waals surface area contributed by atoms with E-state index in [0.717, 1.165) is 56.3 Å². The minimum atomic E-state index is 0.185. The fourth-order valence-electron chi connectivity index (χ4n) is 6.93. The second kappa shape index (κ2) is 11.3. The van der Waals surface area contributed by atoms with Gasteiger partial charge in [-0.25, -0.2) is 4.98 Å². The van der Waals surface area contributed by atoms with Crippen LogP contribution in [-0.4, -0.2) is 69.5 Å². The third-order valence-corrected chi connectivity index (χ3v) is 8.70. The summed E-state index contributed by atoms with van der Waals surface area (Å²) in [5, 5.41) is 18.8. The van der Waals surface area contributed by atoms with Gasteiger partial charge in [0.25, 0.3) is 0 Å². The number of benzene rings is 1. The van der Waals surface area contributed by atoms with Gasteiger partial charge in [0.2, 0.25) is 0 Å². The predicted octanol–water partition coefficient (Wildman–Crippen LogP) is 4.55. The number of nitrogens with zero attached hydrogens (tertiary/aromatic N) is 6. The zero-order chi connectivity index (χ0) is 27.6. The molecule has 0 spiro atoms. The van der Waals surface area contributed by atoms with E-state index in [-0.39, 0.29) is 5.75 Å². The number of fused-ring (bicyclic) bond motifs is 2. The highest BCUT2D eigenvalue weighted by atomic mass is 16.3. The number of rotatable bonds is 6. The summed E-state index contributed by atoms with van der Waals surface area (Å²) in [7, 11) is 0. The fourth-order valence-corrected chi connectivity index (χ4v) is 6.93. The molecule has 0 aliphatic carbocycles. The van der Waals surface area contributed by atoms with E-state index >= 15 is 0 Å². The van der Waals surface area contributed by atoms with Crippen LogP contribution in [0.25, 0.3) is 11.3 Å². The molecule has 6 rings (SSSR count). The first kappa shape index (κ1) is 26.4. The molecule has 8 nitrogen and oxygen atoms in total. The number of phenolic OH excluding ortho intramolecular Hbond substituents is 1. The molecule has 4 atom stereocenters. The molecule has 3 fully saturated rings. The molecule has 1 aromatic carbocycles. The summed E-state index contributed by atoms with van der Waals surface area (Å²) in [4.78, 5) is 12.0. The van der Waals surface area contributed by atoms with Crippen LogP contribution in [0, 0.1) is 17.8 Å². The van der Waals surface area contributed by atoms with Crippen molar-refractivity contribution in [2.24, 2.45) is 5.92 Å². The van der Waals surface area contributed by atoms with E-state index < -0.39 is 0 Å². The summed E-state index contributed by atoms with van der Waals surface area (Å²) < 4.78 is 0. The lowest BCUT2D eigenvalue weighted by molar-refractivity contribution is 0.269. The van der Waals surface area contributed by atoms with Gasteiger partial charge < -0.3 is 20.6 Å². The Balaban J connectivity index is 1.17. The maximum atomic E-state index is 10.3. The first-order valence-corrected chi connectivity index (χ1v) is 14.6. The number of phenols is 1. The maximum absolute atomic E-state index is 10.3. The largest absolute Gasteiger partial charge is 0.507 e. The first-order valence-electron chi connectivity index (χ1n) is 14.6. The number of nitrogen functional groups attached to an aromatic ring is 1. The van der Waals surface area contributed by atoms with E-state index in [4.69, 9.17) is 5.73 Å². The van der Waals surface area contributed by atoms with Crippen molar-refractivity contribution in [2.75, 3.05) is 41.7 Å². The van der Waals surface area contributed by atoms with Crippen molar-refractivity contribution < 1.29 is 5.11 Å². The van der Waals surface area contributed by atoms with Crippen molar-refractivity contribution in [3.63, 3.8) is 0 Å². The number of piperazine rings is 1. The fraction of sp³-hybridized carbons (Fsp3) is 0.469. The standard InChI is InChI=1S/C32H39N7O/c1-3-7-24-16-22(2)19-37(24)15-6-8-23-17-25(13-14-34-23)39-26-11-12-27(39)21-38(20-26)30-18-29(35-36-32(30)33)28-9-4-5-10-31(28)40/h4-5,9-10,13-14,17-18,22,24,26-27,40H,3,7,11-12,15-16,19-21H2,1-2H3,(H2,33,36)/t22-,24+,26?,27?/m0/s1. The minimum absolute atomic E-state index is 0.185. The second-order valence-corrected chi connectivity index (χ2v) is 11.6. The molecule has 0 saturated carbocycles. The van der Waals surface area contributed by atoms with Gasteiger partial charge in [-0.1, -0.05) is 38.3 Å². The van der Waals surface area contributed by atoms with Gasteiger partial charge in [0, 0.05) is 55.2 Å². The van der Waals surface area contributed by atoms with Crippen LogP contribution >= 0.6 is 0 Å². The number of aromatic nitrogens is 3. The third-order valence-electron chi connectivity index (χ3n) is 8.70. The van der Waals surface area contributed by atoms with Gasteiger partial charge in [-0.05, 0) is 67.9 Å². The summed E-state index contributed by atoms with van der Waals surface area (Å²) in [5.74, 6) is 8.13. The molecule has 3 aliphatic heterocycles. The van der Waals surface area contributed by atoms with Gasteiger partial charge in [-0.3, -0.25) is 4.90 Å². The van der Waals surface area contributed by atoms with E-state index in [1.165, 1.54) is 24.9 Å². The zero-order valence-electron chi connectivity index (χ0n) is 23.5. The van der Waals surface area contributed by atoms with Crippen LogP contribution in [0.5, 0.6) is 5.75 Å². The summed E-state index contributed by atoms with van der Waals surface area (Å²) in [6.45, 7) is 8.28. The Hall–Kier alpha value is -3.83. The molecule has 3 aromatic rings. The number of hydrogen-bond donors (Lipinski definition) is 2. The van der Waals surface area contributed by atoms with Gasteiger partial charge in [-0.2, -0.15) is 0 Å². The van der Waals surface area contributed by atoms with E-state index in [0.29, 0.717) is 35.2 Å². The van der Waals surface area contributed by atoms with E-state index in [1.54, 1.807) is 12.1 Å². The van der Waals surface area contributed by atoms with Crippen molar-refractivity contribution in [1.29, 1.82) is 0 Å². The Morgan fingerprint density at radius 2 is 1.85 bits per heavy atom. The average molecular weight is 538 g/mol. The lowest BCUT2D eigenvalue weighted by atomic mass is 10.0. The number of aromatic hydroxyl groups is 1. The van der Waals surface area contributed by atoms with Crippen LogP contribution in [0.4, 0.5) is 17.2 Å². The molecule has 2 bridgehead atoms. The minimum Gasteiger partial charge on any atom is -0.507 e. The molecule has 5 heterocycles. The molecular formula is C32H39N7O. The van der Waals surface area contributed by atoms with Gasteiger partial charge in [0.1, 0.15) is 11.4 Å².